The van der Waals surface area contributed by atoms with Crippen molar-refractivity contribution in [2.75, 3.05) is 17.3 Å². The van der Waals surface area contributed by atoms with E-state index in [9.17, 15) is 9.59 Å². The lowest BCUT2D eigenvalue weighted by atomic mass is 10.2. The van der Waals surface area contributed by atoms with Gasteiger partial charge in [-0.2, -0.15) is 11.8 Å². The molecule has 1 N–H and O–H groups in total. The molecule has 1 aliphatic rings. The Kier molecular flexibility index (Phi) is 4.66. The Balaban J connectivity index is 2.25. The maximum absolute atomic E-state index is 11.4. The Labute approximate surface area is 85.7 Å². The van der Waals surface area contributed by atoms with Gasteiger partial charge < -0.3 is 5.11 Å². The van der Waals surface area contributed by atoms with Crippen molar-refractivity contribution in [2.45, 2.75) is 18.1 Å². The normalized spacial score (nSPS) is 22.6. The summed E-state index contributed by atoms with van der Waals surface area (Å²) in [6.45, 7) is 0. The Hall–Kier alpha value is -0.160. The molecule has 1 heterocycles. The quantitative estimate of drug-likeness (QED) is 0.773. The van der Waals surface area contributed by atoms with E-state index in [1.54, 1.807) is 23.5 Å². The van der Waals surface area contributed by atoms with Gasteiger partial charge in [0.25, 0.3) is 0 Å². The summed E-state index contributed by atoms with van der Waals surface area (Å²) in [4.78, 5) is 21.6. The van der Waals surface area contributed by atoms with E-state index in [-0.39, 0.29) is 23.9 Å². The minimum atomic E-state index is -0.887. The third-order valence-electron chi connectivity index (χ3n) is 1.76. The Bertz CT molecular complexity index is 200. The highest BCUT2D eigenvalue weighted by atomic mass is 32.2. The lowest BCUT2D eigenvalue weighted by Crippen LogP contribution is -2.24. The van der Waals surface area contributed by atoms with Gasteiger partial charge in [0.15, 0.2) is 0 Å². The number of carbonyl (C=O) groups is 2. The van der Waals surface area contributed by atoms with Crippen molar-refractivity contribution in [3.05, 3.63) is 0 Å². The van der Waals surface area contributed by atoms with Gasteiger partial charge in [-0.15, -0.1) is 11.8 Å². The molecule has 1 fully saturated rings. The molecule has 0 amide bonds. The molecule has 0 aromatic rings. The SMILES string of the molecule is O=C(O)CCC(=O)C1CSCCS1. The summed E-state index contributed by atoms with van der Waals surface area (Å²) >= 11 is 3.44. The maximum atomic E-state index is 11.4. The molecule has 5 heteroatoms. The summed E-state index contributed by atoms with van der Waals surface area (Å²) in [5, 5.41) is 8.44. The monoisotopic (exact) mass is 220 g/mol. The van der Waals surface area contributed by atoms with E-state index in [0.29, 0.717) is 0 Å². The predicted octanol–water partition coefficient (Wildman–Crippen LogP) is 1.27. The van der Waals surface area contributed by atoms with Crippen LogP contribution in [-0.2, 0) is 9.59 Å². The first-order valence-corrected chi connectivity index (χ1v) is 6.34. The molecule has 0 aliphatic carbocycles. The van der Waals surface area contributed by atoms with Gasteiger partial charge >= 0.3 is 5.97 Å². The van der Waals surface area contributed by atoms with Gasteiger partial charge in [-0.1, -0.05) is 0 Å². The number of Topliss-reactive ketones (excluding diaryl/α,β-unsaturated/α-hetero) is 1. The number of rotatable bonds is 4. The van der Waals surface area contributed by atoms with Crippen LogP contribution < -0.4 is 0 Å². The predicted molar refractivity (Wildman–Crippen MR) is 55.4 cm³/mol. The number of carboxylic acids is 1. The van der Waals surface area contributed by atoms with Crippen molar-refractivity contribution in [3.8, 4) is 0 Å². The first-order chi connectivity index (χ1) is 6.20. The van der Waals surface area contributed by atoms with Crippen LogP contribution >= 0.6 is 23.5 Å². The average molecular weight is 220 g/mol. The summed E-state index contributed by atoms with van der Waals surface area (Å²) in [5.74, 6) is 2.17. The van der Waals surface area contributed by atoms with Crippen LogP contribution in [0.25, 0.3) is 0 Å². The Morgan fingerprint density at radius 3 is 2.62 bits per heavy atom. The van der Waals surface area contributed by atoms with E-state index in [2.05, 4.69) is 0 Å². The smallest absolute Gasteiger partial charge is 0.303 e. The van der Waals surface area contributed by atoms with Crippen molar-refractivity contribution in [2.24, 2.45) is 0 Å². The number of hydrogen-bond donors (Lipinski definition) is 1. The molecule has 13 heavy (non-hydrogen) atoms. The molecule has 1 unspecified atom stereocenters. The largest absolute Gasteiger partial charge is 0.481 e. The van der Waals surface area contributed by atoms with Gasteiger partial charge in [-0.3, -0.25) is 9.59 Å². The fourth-order valence-electron chi connectivity index (χ4n) is 1.06. The van der Waals surface area contributed by atoms with E-state index >= 15 is 0 Å². The Morgan fingerprint density at radius 2 is 2.08 bits per heavy atom. The van der Waals surface area contributed by atoms with Gasteiger partial charge in [-0.25, -0.2) is 0 Å². The second-order valence-electron chi connectivity index (χ2n) is 2.79. The number of hydrogen-bond acceptors (Lipinski definition) is 4. The second-order valence-corrected chi connectivity index (χ2v) is 5.25. The molecule has 1 saturated heterocycles. The summed E-state index contributed by atoms with van der Waals surface area (Å²) in [6, 6.07) is 0. The highest BCUT2D eigenvalue weighted by Gasteiger charge is 2.21. The van der Waals surface area contributed by atoms with Crippen LogP contribution in [0.4, 0.5) is 0 Å². The fourth-order valence-corrected chi connectivity index (χ4v) is 3.75. The van der Waals surface area contributed by atoms with Gasteiger partial charge in [0.05, 0.1) is 11.7 Å². The number of thioether (sulfide) groups is 2. The molecule has 0 aromatic heterocycles. The topological polar surface area (TPSA) is 54.4 Å². The minimum Gasteiger partial charge on any atom is -0.481 e. The van der Waals surface area contributed by atoms with Crippen molar-refractivity contribution < 1.29 is 14.7 Å². The van der Waals surface area contributed by atoms with Crippen molar-refractivity contribution in [3.63, 3.8) is 0 Å². The van der Waals surface area contributed by atoms with E-state index in [1.165, 1.54) is 0 Å². The van der Waals surface area contributed by atoms with Crippen molar-refractivity contribution >= 4 is 35.3 Å². The summed E-state index contributed by atoms with van der Waals surface area (Å²) in [6.07, 6.45) is 0.161. The lowest BCUT2D eigenvalue weighted by molar-refractivity contribution is -0.138. The zero-order chi connectivity index (χ0) is 9.68. The van der Waals surface area contributed by atoms with Crippen LogP contribution in [0.5, 0.6) is 0 Å². The van der Waals surface area contributed by atoms with Crippen LogP contribution in [-0.4, -0.2) is 39.4 Å². The molecule has 0 bridgehead atoms. The molecule has 74 valence electrons. The molecular weight excluding hydrogens is 208 g/mol. The Morgan fingerprint density at radius 1 is 1.31 bits per heavy atom. The maximum Gasteiger partial charge on any atom is 0.303 e. The number of carboxylic acid groups (broad SMARTS) is 1. The van der Waals surface area contributed by atoms with E-state index in [0.717, 1.165) is 17.3 Å². The molecule has 1 atom stereocenters. The van der Waals surface area contributed by atoms with Crippen molar-refractivity contribution in [1.29, 1.82) is 0 Å². The zero-order valence-corrected chi connectivity index (χ0v) is 8.83. The molecule has 1 rings (SSSR count). The first-order valence-electron chi connectivity index (χ1n) is 4.14. The first kappa shape index (κ1) is 10.9. The van der Waals surface area contributed by atoms with Gasteiger partial charge in [0.2, 0.25) is 0 Å². The molecular formula is C8H12O3S2. The van der Waals surface area contributed by atoms with Crippen LogP contribution in [0.1, 0.15) is 12.8 Å². The third-order valence-corrected chi connectivity index (χ3v) is 4.56. The minimum absolute atomic E-state index is 0.0272. The third kappa shape index (κ3) is 4.04. The van der Waals surface area contributed by atoms with Crippen LogP contribution in [0.3, 0.4) is 0 Å². The second kappa shape index (κ2) is 5.54. The molecule has 0 aromatic carbocycles. The molecule has 3 nitrogen and oxygen atoms in total. The van der Waals surface area contributed by atoms with E-state index in [1.807, 2.05) is 0 Å². The van der Waals surface area contributed by atoms with Crippen molar-refractivity contribution in [1.82, 2.24) is 0 Å². The number of ketones is 1. The molecule has 1 aliphatic heterocycles. The highest BCUT2D eigenvalue weighted by Crippen LogP contribution is 2.25. The molecule has 0 saturated carbocycles. The van der Waals surface area contributed by atoms with Gasteiger partial charge in [0.1, 0.15) is 5.78 Å². The number of carbonyl (C=O) groups excluding carboxylic acids is 1. The summed E-state index contributed by atoms with van der Waals surface area (Å²) in [5.41, 5.74) is 0. The van der Waals surface area contributed by atoms with Gasteiger partial charge in [-0.05, 0) is 0 Å². The van der Waals surface area contributed by atoms with E-state index in [4.69, 9.17) is 5.11 Å². The highest BCUT2D eigenvalue weighted by molar-refractivity contribution is 8.07. The zero-order valence-electron chi connectivity index (χ0n) is 7.19. The van der Waals surface area contributed by atoms with Gasteiger partial charge in [0, 0.05) is 23.7 Å². The van der Waals surface area contributed by atoms with E-state index < -0.39 is 5.97 Å². The fraction of sp³-hybridized carbons (Fsp3) is 0.750. The summed E-state index contributed by atoms with van der Waals surface area (Å²) in [7, 11) is 0. The molecule has 0 spiro atoms. The van der Waals surface area contributed by atoms with Crippen LogP contribution in [0.2, 0.25) is 0 Å². The van der Waals surface area contributed by atoms with Crippen LogP contribution in [0, 0.1) is 0 Å². The summed E-state index contributed by atoms with van der Waals surface area (Å²) < 4.78 is 0. The molecule has 0 radical (unpaired) electrons. The van der Waals surface area contributed by atoms with Crippen LogP contribution in [0.15, 0.2) is 0 Å². The standard InChI is InChI=1S/C8H12O3S2/c9-6(1-2-8(10)11)7-5-12-3-4-13-7/h7H,1-5H2,(H,10,11). The average Bonchev–Trinajstić information content (AvgIpc) is 2.15. The number of aliphatic carboxylic acids is 1. The lowest BCUT2D eigenvalue weighted by Gasteiger charge is -2.19.